The number of amides is 2. The summed E-state index contributed by atoms with van der Waals surface area (Å²) in [7, 11) is 0. The van der Waals surface area contributed by atoms with Crippen LogP contribution >= 0.6 is 22.9 Å². The van der Waals surface area contributed by atoms with Crippen molar-refractivity contribution in [2.45, 2.75) is 19.4 Å². The zero-order chi connectivity index (χ0) is 20.5. The highest BCUT2D eigenvalue weighted by Crippen LogP contribution is 2.35. The van der Waals surface area contributed by atoms with Crippen LogP contribution in [0.4, 0.5) is 5.69 Å². The molecule has 2 heterocycles. The van der Waals surface area contributed by atoms with Crippen molar-refractivity contribution in [3.05, 3.63) is 63.5 Å². The molecule has 2 N–H and O–H groups in total. The quantitative estimate of drug-likeness (QED) is 0.620. The van der Waals surface area contributed by atoms with Gasteiger partial charge in [-0.1, -0.05) is 35.9 Å². The molecule has 0 spiro atoms. The molecular weight excluding hydrogens is 412 g/mol. The maximum absolute atomic E-state index is 12.8. The number of aromatic carboxylic acids is 1. The van der Waals surface area contributed by atoms with Gasteiger partial charge < -0.3 is 15.3 Å². The number of nitrogens with zero attached hydrogens (tertiary/aromatic N) is 1. The largest absolute Gasteiger partial charge is 0.478 e. The van der Waals surface area contributed by atoms with Crippen LogP contribution in [0.2, 0.25) is 5.02 Å². The first-order valence-electron chi connectivity index (χ1n) is 9.06. The van der Waals surface area contributed by atoms with Gasteiger partial charge in [0.25, 0.3) is 5.91 Å². The van der Waals surface area contributed by atoms with Gasteiger partial charge in [0.1, 0.15) is 4.88 Å². The molecule has 0 atom stereocenters. The number of hydrogen-bond donors (Lipinski definition) is 2. The molecule has 1 aromatic heterocycles. The van der Waals surface area contributed by atoms with E-state index in [1.807, 2.05) is 24.3 Å². The molecule has 0 aliphatic carbocycles. The Labute approximate surface area is 175 Å². The number of rotatable bonds is 5. The van der Waals surface area contributed by atoms with Gasteiger partial charge in [-0.05, 0) is 30.2 Å². The van der Waals surface area contributed by atoms with Crippen molar-refractivity contribution in [3.63, 3.8) is 0 Å². The maximum atomic E-state index is 12.8. The summed E-state index contributed by atoms with van der Waals surface area (Å²) in [5.74, 6) is -1.53. The topological polar surface area (TPSA) is 86.7 Å². The van der Waals surface area contributed by atoms with Crippen molar-refractivity contribution in [3.8, 4) is 0 Å². The Balaban J connectivity index is 1.64. The second-order valence-corrected chi connectivity index (χ2v) is 8.23. The normalized spacial score (nSPS) is 13.8. The van der Waals surface area contributed by atoms with Gasteiger partial charge >= 0.3 is 5.97 Å². The van der Waals surface area contributed by atoms with Gasteiger partial charge in [-0.2, -0.15) is 0 Å². The van der Waals surface area contributed by atoms with E-state index in [-0.39, 0.29) is 17.2 Å². The first kappa shape index (κ1) is 19.4. The molecule has 8 heteroatoms. The maximum Gasteiger partial charge on any atom is 0.337 e. The summed E-state index contributed by atoms with van der Waals surface area (Å²) in [6.45, 7) is 1.06. The number of carbonyl (C=O) groups excluding carboxylic acids is 2. The van der Waals surface area contributed by atoms with Crippen molar-refractivity contribution in [1.29, 1.82) is 0 Å². The van der Waals surface area contributed by atoms with Crippen LogP contribution in [0.25, 0.3) is 10.1 Å². The summed E-state index contributed by atoms with van der Waals surface area (Å²) in [5, 5.41) is 13.3. The Hall–Kier alpha value is -2.90. The molecule has 0 saturated carbocycles. The molecule has 2 amide bonds. The number of carboxylic acids is 1. The molecule has 148 valence electrons. The molecule has 29 heavy (non-hydrogen) atoms. The number of carboxylic acid groups (broad SMARTS) is 1. The summed E-state index contributed by atoms with van der Waals surface area (Å²) in [5.41, 5.74) is 0.912. The number of thiophene rings is 1. The highest BCUT2D eigenvalue weighted by molar-refractivity contribution is 7.21. The monoisotopic (exact) mass is 428 g/mol. The second kappa shape index (κ2) is 7.85. The average molecular weight is 429 g/mol. The number of fused-ring (bicyclic) bond motifs is 1. The van der Waals surface area contributed by atoms with Gasteiger partial charge in [0.05, 0.1) is 16.3 Å². The minimum absolute atomic E-state index is 0.0212. The van der Waals surface area contributed by atoms with E-state index in [2.05, 4.69) is 5.32 Å². The van der Waals surface area contributed by atoms with Crippen LogP contribution < -0.4 is 5.32 Å². The Bertz CT molecular complexity index is 1140. The van der Waals surface area contributed by atoms with Gasteiger partial charge in [-0.3, -0.25) is 9.59 Å². The third kappa shape index (κ3) is 3.83. The predicted molar refractivity (Wildman–Crippen MR) is 113 cm³/mol. The molecule has 0 radical (unpaired) electrons. The van der Waals surface area contributed by atoms with Crippen LogP contribution in [-0.4, -0.2) is 34.3 Å². The Morgan fingerprint density at radius 3 is 2.69 bits per heavy atom. The van der Waals surface area contributed by atoms with Gasteiger partial charge in [-0.25, -0.2) is 4.79 Å². The van der Waals surface area contributed by atoms with E-state index >= 15 is 0 Å². The second-order valence-electron chi connectivity index (χ2n) is 6.80. The van der Waals surface area contributed by atoms with Gasteiger partial charge in [-0.15, -0.1) is 11.3 Å². The molecule has 0 unspecified atom stereocenters. The average Bonchev–Trinajstić information content (AvgIpc) is 3.25. The first-order valence-corrected chi connectivity index (χ1v) is 10.3. The molecule has 2 aromatic carbocycles. The lowest BCUT2D eigenvalue weighted by Gasteiger charge is -2.17. The lowest BCUT2D eigenvalue weighted by atomic mass is 10.1. The van der Waals surface area contributed by atoms with E-state index in [9.17, 15) is 19.5 Å². The summed E-state index contributed by atoms with van der Waals surface area (Å²) in [6.07, 6.45) is 1.35. The number of nitrogens with one attached hydrogen (secondary N) is 1. The molecule has 3 aromatic rings. The van der Waals surface area contributed by atoms with Gasteiger partial charge in [0.15, 0.2) is 0 Å². The van der Waals surface area contributed by atoms with Crippen molar-refractivity contribution >= 4 is 56.5 Å². The van der Waals surface area contributed by atoms with Gasteiger partial charge in [0.2, 0.25) is 5.91 Å². The fourth-order valence-electron chi connectivity index (χ4n) is 3.41. The Kier molecular flexibility index (Phi) is 5.25. The van der Waals surface area contributed by atoms with Gasteiger partial charge in [0, 0.05) is 29.6 Å². The van der Waals surface area contributed by atoms with E-state index in [0.717, 1.165) is 22.1 Å². The molecule has 1 saturated heterocycles. The lowest BCUT2D eigenvalue weighted by molar-refractivity contribution is -0.128. The number of anilines is 1. The van der Waals surface area contributed by atoms with E-state index < -0.39 is 11.9 Å². The molecular formula is C21H17ClN2O4S. The Morgan fingerprint density at radius 1 is 1.21 bits per heavy atom. The predicted octanol–water partition coefficient (Wildman–Crippen LogP) is 4.63. The lowest BCUT2D eigenvalue weighted by Crippen LogP contribution is -2.24. The van der Waals surface area contributed by atoms with Crippen LogP contribution in [0.3, 0.4) is 0 Å². The van der Waals surface area contributed by atoms with E-state index in [0.29, 0.717) is 29.4 Å². The van der Waals surface area contributed by atoms with Crippen LogP contribution in [0.1, 0.15) is 38.4 Å². The molecule has 1 aliphatic heterocycles. The fraction of sp³-hybridized carbons (Fsp3) is 0.190. The van der Waals surface area contributed by atoms with Crippen LogP contribution in [0.5, 0.6) is 0 Å². The minimum atomic E-state index is -1.15. The number of carbonyl (C=O) groups is 3. The van der Waals surface area contributed by atoms with Crippen molar-refractivity contribution in [1.82, 2.24) is 4.90 Å². The molecule has 6 nitrogen and oxygen atoms in total. The third-order valence-electron chi connectivity index (χ3n) is 4.85. The van der Waals surface area contributed by atoms with E-state index in [1.54, 1.807) is 17.0 Å². The summed E-state index contributed by atoms with van der Waals surface area (Å²) in [6, 6.07) is 12.1. The van der Waals surface area contributed by atoms with Crippen LogP contribution in [0.15, 0.2) is 42.5 Å². The van der Waals surface area contributed by atoms with E-state index in [4.69, 9.17) is 11.6 Å². The molecule has 0 bridgehead atoms. The number of benzene rings is 2. The number of hydrogen-bond acceptors (Lipinski definition) is 4. The zero-order valence-corrected chi connectivity index (χ0v) is 16.8. The first-order chi connectivity index (χ1) is 13.9. The highest BCUT2D eigenvalue weighted by atomic mass is 35.5. The molecule has 1 fully saturated rings. The SMILES string of the molecule is O=C(O)c1ccc(CN2CCCC2=O)cc1NC(=O)c1sc2ccccc2c1Cl. The number of halogens is 1. The molecule has 1 aliphatic rings. The van der Waals surface area contributed by atoms with Crippen LogP contribution in [-0.2, 0) is 11.3 Å². The third-order valence-corrected chi connectivity index (χ3v) is 6.52. The zero-order valence-electron chi connectivity index (χ0n) is 15.3. The summed E-state index contributed by atoms with van der Waals surface area (Å²) in [4.78, 5) is 38.4. The Morgan fingerprint density at radius 2 is 2.00 bits per heavy atom. The summed E-state index contributed by atoms with van der Waals surface area (Å²) >= 11 is 7.62. The fourth-order valence-corrected chi connectivity index (χ4v) is 4.82. The number of likely N-dealkylation sites (tertiary alicyclic amines) is 1. The van der Waals surface area contributed by atoms with Crippen molar-refractivity contribution in [2.24, 2.45) is 0 Å². The van der Waals surface area contributed by atoms with E-state index in [1.165, 1.54) is 17.4 Å². The summed E-state index contributed by atoms with van der Waals surface area (Å²) < 4.78 is 0.877. The standard InChI is InChI=1S/C21H17ClN2O4S/c22-18-14-4-1-2-5-16(14)29-19(18)20(26)23-15-10-12(7-8-13(15)21(27)28)11-24-9-3-6-17(24)25/h1-2,4-5,7-8,10H,3,6,9,11H2,(H,23,26)(H,27,28). The smallest absolute Gasteiger partial charge is 0.337 e. The highest BCUT2D eigenvalue weighted by Gasteiger charge is 2.22. The minimum Gasteiger partial charge on any atom is -0.478 e. The molecule has 4 rings (SSSR count). The van der Waals surface area contributed by atoms with Crippen molar-refractivity contribution < 1.29 is 19.5 Å². The van der Waals surface area contributed by atoms with Crippen LogP contribution in [0, 0.1) is 0 Å². The van der Waals surface area contributed by atoms with Crippen molar-refractivity contribution in [2.75, 3.05) is 11.9 Å².